The topological polar surface area (TPSA) is 77.3 Å². The fourth-order valence-corrected chi connectivity index (χ4v) is 4.78. The van der Waals surface area contributed by atoms with Gasteiger partial charge in [-0.3, -0.25) is 9.67 Å². The minimum absolute atomic E-state index is 0.0683. The molecule has 2 aromatic heterocycles. The van der Waals surface area contributed by atoms with Crippen LogP contribution in [0.3, 0.4) is 0 Å². The summed E-state index contributed by atoms with van der Waals surface area (Å²) in [6, 6.07) is 9.41. The number of fused-ring (bicyclic) bond motifs is 1. The van der Waals surface area contributed by atoms with Crippen LogP contribution in [0.4, 0.5) is 0 Å². The van der Waals surface area contributed by atoms with Gasteiger partial charge in [0.05, 0.1) is 30.2 Å². The summed E-state index contributed by atoms with van der Waals surface area (Å²) < 4.78 is 35.0. The minimum Gasteiger partial charge on any atom is -0.371 e. The van der Waals surface area contributed by atoms with Crippen LogP contribution in [0.15, 0.2) is 48.9 Å². The van der Waals surface area contributed by atoms with Gasteiger partial charge >= 0.3 is 0 Å². The number of morpholine rings is 1. The van der Waals surface area contributed by atoms with Crippen LogP contribution in [0.25, 0.3) is 10.9 Å². The van der Waals surface area contributed by atoms with Gasteiger partial charge in [-0.05, 0) is 11.6 Å². The molecular formula is C18H20N4O3S. The standard InChI is InChI=1S/C18H20N4O3S/c1-21-11-16(10-20-21)17-12-22(8-9-25-17)26(23,24)13-15-5-2-4-14-6-3-7-19-18(14)15/h2-7,10-11,17H,8-9,12-13H2,1H3/t17-/m0/s1. The maximum Gasteiger partial charge on any atom is 0.218 e. The molecule has 0 spiro atoms. The van der Waals surface area contributed by atoms with Gasteiger partial charge < -0.3 is 4.74 Å². The van der Waals surface area contributed by atoms with Crippen molar-refractivity contribution in [3.8, 4) is 0 Å². The lowest BCUT2D eigenvalue weighted by atomic mass is 10.1. The van der Waals surface area contributed by atoms with Crippen molar-refractivity contribution >= 4 is 20.9 Å². The van der Waals surface area contributed by atoms with E-state index in [4.69, 9.17) is 4.74 Å². The van der Waals surface area contributed by atoms with Gasteiger partial charge in [-0.25, -0.2) is 8.42 Å². The molecular weight excluding hydrogens is 352 g/mol. The van der Waals surface area contributed by atoms with Gasteiger partial charge in [-0.1, -0.05) is 24.3 Å². The summed E-state index contributed by atoms with van der Waals surface area (Å²) in [6.45, 7) is 1.02. The molecule has 1 saturated heterocycles. The first kappa shape index (κ1) is 17.1. The summed E-state index contributed by atoms with van der Waals surface area (Å²) in [4.78, 5) is 4.36. The van der Waals surface area contributed by atoms with Crippen LogP contribution in [0, 0.1) is 0 Å². The predicted molar refractivity (Wildman–Crippen MR) is 97.8 cm³/mol. The van der Waals surface area contributed by atoms with Crippen LogP contribution in [-0.4, -0.2) is 47.2 Å². The van der Waals surface area contributed by atoms with Crippen LogP contribution < -0.4 is 0 Å². The Kier molecular flexibility index (Phi) is 4.47. The zero-order valence-corrected chi connectivity index (χ0v) is 15.3. The van der Waals surface area contributed by atoms with E-state index in [1.807, 2.05) is 43.6 Å². The lowest BCUT2D eigenvalue weighted by Crippen LogP contribution is -2.42. The summed E-state index contributed by atoms with van der Waals surface area (Å²) in [5.41, 5.74) is 2.34. The molecule has 26 heavy (non-hydrogen) atoms. The predicted octanol–water partition coefficient (Wildman–Crippen LogP) is 1.87. The van der Waals surface area contributed by atoms with Crippen molar-refractivity contribution < 1.29 is 13.2 Å². The largest absolute Gasteiger partial charge is 0.371 e. The number of ether oxygens (including phenoxy) is 1. The van der Waals surface area contributed by atoms with Gasteiger partial charge in [0.15, 0.2) is 0 Å². The first-order chi connectivity index (χ1) is 12.5. The highest BCUT2D eigenvalue weighted by Crippen LogP contribution is 2.26. The smallest absolute Gasteiger partial charge is 0.218 e. The lowest BCUT2D eigenvalue weighted by Gasteiger charge is -2.31. The number of nitrogens with zero attached hydrogens (tertiary/aromatic N) is 4. The molecule has 0 bridgehead atoms. The van der Waals surface area contributed by atoms with E-state index in [0.29, 0.717) is 25.3 Å². The van der Waals surface area contributed by atoms with Crippen molar-refractivity contribution in [1.82, 2.24) is 19.1 Å². The van der Waals surface area contributed by atoms with Crippen LogP contribution in [0.5, 0.6) is 0 Å². The Hall–Kier alpha value is -2.29. The molecule has 136 valence electrons. The summed E-state index contributed by atoms with van der Waals surface area (Å²) in [5, 5.41) is 5.08. The molecule has 1 atom stereocenters. The SMILES string of the molecule is Cn1cc([C@@H]2CN(S(=O)(=O)Cc3cccc4cccnc34)CCO2)cn1. The van der Waals surface area contributed by atoms with Gasteiger partial charge in [0.25, 0.3) is 0 Å². The number of rotatable bonds is 4. The molecule has 7 nitrogen and oxygen atoms in total. The Labute approximate surface area is 152 Å². The number of sulfonamides is 1. The highest BCUT2D eigenvalue weighted by molar-refractivity contribution is 7.88. The van der Waals surface area contributed by atoms with Crippen LogP contribution in [-0.2, 0) is 27.6 Å². The van der Waals surface area contributed by atoms with Gasteiger partial charge in [0.1, 0.15) is 0 Å². The maximum atomic E-state index is 13.0. The molecule has 3 aromatic rings. The lowest BCUT2D eigenvalue weighted by molar-refractivity contribution is -0.00263. The van der Waals surface area contributed by atoms with Gasteiger partial charge in [-0.15, -0.1) is 0 Å². The Morgan fingerprint density at radius 3 is 2.92 bits per heavy atom. The number of aryl methyl sites for hydroxylation is 1. The normalized spacial score (nSPS) is 19.0. The second kappa shape index (κ2) is 6.79. The van der Waals surface area contributed by atoms with E-state index in [1.165, 1.54) is 4.31 Å². The van der Waals surface area contributed by atoms with E-state index >= 15 is 0 Å². The molecule has 0 aliphatic carbocycles. The molecule has 0 saturated carbocycles. The van der Waals surface area contributed by atoms with E-state index in [0.717, 1.165) is 16.5 Å². The maximum absolute atomic E-state index is 13.0. The van der Waals surface area contributed by atoms with E-state index in [9.17, 15) is 8.42 Å². The first-order valence-corrected chi connectivity index (χ1v) is 10.0. The average Bonchev–Trinajstić information content (AvgIpc) is 3.08. The van der Waals surface area contributed by atoms with Gasteiger partial charge in [0.2, 0.25) is 10.0 Å². The molecule has 1 aliphatic rings. The number of aromatic nitrogens is 3. The number of para-hydroxylation sites is 1. The Morgan fingerprint density at radius 1 is 1.27 bits per heavy atom. The van der Waals surface area contributed by atoms with Crippen LogP contribution in [0.2, 0.25) is 0 Å². The third-order valence-corrected chi connectivity index (χ3v) is 6.37. The number of pyridine rings is 1. The highest BCUT2D eigenvalue weighted by Gasteiger charge is 2.31. The van der Waals surface area contributed by atoms with Crippen molar-refractivity contribution in [3.63, 3.8) is 0 Å². The monoisotopic (exact) mass is 372 g/mol. The average molecular weight is 372 g/mol. The quantitative estimate of drug-likeness (QED) is 0.699. The molecule has 1 aromatic carbocycles. The van der Waals surface area contributed by atoms with Crippen molar-refractivity contribution in [2.75, 3.05) is 19.7 Å². The number of hydrogen-bond acceptors (Lipinski definition) is 5. The van der Waals surface area contributed by atoms with Crippen molar-refractivity contribution in [3.05, 3.63) is 60.0 Å². The minimum atomic E-state index is -3.48. The zero-order chi connectivity index (χ0) is 18.1. The highest BCUT2D eigenvalue weighted by atomic mass is 32.2. The summed E-state index contributed by atoms with van der Waals surface area (Å²) in [5.74, 6) is -0.0683. The fraction of sp³-hybridized carbons (Fsp3) is 0.333. The molecule has 1 aliphatic heterocycles. The van der Waals surface area contributed by atoms with Crippen molar-refractivity contribution in [1.29, 1.82) is 0 Å². The Bertz CT molecular complexity index is 1030. The van der Waals surface area contributed by atoms with Crippen molar-refractivity contribution in [2.45, 2.75) is 11.9 Å². The fourth-order valence-electron chi connectivity index (χ4n) is 3.26. The molecule has 4 rings (SSSR count). The molecule has 8 heteroatoms. The molecule has 0 radical (unpaired) electrons. The Morgan fingerprint density at radius 2 is 2.12 bits per heavy atom. The third kappa shape index (κ3) is 3.35. The van der Waals surface area contributed by atoms with Crippen LogP contribution in [0.1, 0.15) is 17.2 Å². The second-order valence-corrected chi connectivity index (χ2v) is 8.38. The molecule has 0 amide bonds. The first-order valence-electron chi connectivity index (χ1n) is 8.43. The van der Waals surface area contributed by atoms with E-state index in [2.05, 4.69) is 10.1 Å². The molecule has 1 fully saturated rings. The molecule has 0 N–H and O–H groups in total. The van der Waals surface area contributed by atoms with Gasteiger partial charge in [0, 0.05) is 43.5 Å². The molecule has 3 heterocycles. The van der Waals surface area contributed by atoms with Gasteiger partial charge in [-0.2, -0.15) is 9.40 Å². The number of hydrogen-bond donors (Lipinski definition) is 0. The zero-order valence-electron chi connectivity index (χ0n) is 14.4. The third-order valence-electron chi connectivity index (χ3n) is 4.57. The van der Waals surface area contributed by atoms with Crippen molar-refractivity contribution in [2.24, 2.45) is 7.05 Å². The summed E-state index contributed by atoms with van der Waals surface area (Å²) in [6.07, 6.45) is 4.97. The molecule has 0 unspecified atom stereocenters. The summed E-state index contributed by atoms with van der Waals surface area (Å²) in [7, 11) is -1.65. The van der Waals surface area contributed by atoms with E-state index < -0.39 is 10.0 Å². The number of benzene rings is 1. The van der Waals surface area contributed by atoms with E-state index in [1.54, 1.807) is 17.1 Å². The Balaban J connectivity index is 1.58. The van der Waals surface area contributed by atoms with Crippen LogP contribution >= 0.6 is 0 Å². The second-order valence-electron chi connectivity index (χ2n) is 6.41. The van der Waals surface area contributed by atoms with E-state index in [-0.39, 0.29) is 11.9 Å². The summed E-state index contributed by atoms with van der Waals surface area (Å²) >= 11 is 0.